The molecule has 0 aromatic heterocycles. The van der Waals surface area contributed by atoms with Gasteiger partial charge in [-0.15, -0.1) is 0 Å². The van der Waals surface area contributed by atoms with Crippen LogP contribution in [0, 0.1) is 10.1 Å². The van der Waals surface area contributed by atoms with Crippen LogP contribution in [0.3, 0.4) is 0 Å². The van der Waals surface area contributed by atoms with Crippen LogP contribution in [-0.2, 0) is 6.54 Å². The molecule has 7 heteroatoms. The van der Waals surface area contributed by atoms with Crippen LogP contribution in [0.1, 0.15) is 26.3 Å². The summed E-state index contributed by atoms with van der Waals surface area (Å²) in [4.78, 5) is 39.2. The summed E-state index contributed by atoms with van der Waals surface area (Å²) >= 11 is 0. The summed E-state index contributed by atoms with van der Waals surface area (Å²) in [6.45, 7) is 0.373. The maximum atomic E-state index is 12.8. The Bertz CT molecular complexity index is 1060. The van der Waals surface area contributed by atoms with Gasteiger partial charge in [-0.25, -0.2) is 0 Å². The minimum absolute atomic E-state index is 0.0115. The van der Waals surface area contributed by atoms with Crippen molar-refractivity contribution in [2.45, 2.75) is 6.54 Å². The SMILES string of the molecule is O=C1c2ccccc2C(=O)N1CN(Cc1ccccc1)c1cccc([N+](=O)[O-])c1. The van der Waals surface area contributed by atoms with Crippen molar-refractivity contribution in [2.75, 3.05) is 11.6 Å². The van der Waals surface area contributed by atoms with Crippen LogP contribution < -0.4 is 4.90 Å². The lowest BCUT2D eigenvalue weighted by Gasteiger charge is -2.29. The number of nitro benzene ring substituents is 1. The van der Waals surface area contributed by atoms with Gasteiger partial charge >= 0.3 is 0 Å². The molecular weight excluding hydrogens is 370 g/mol. The summed E-state index contributed by atoms with van der Waals surface area (Å²) in [7, 11) is 0. The molecule has 0 N–H and O–H groups in total. The van der Waals surface area contributed by atoms with E-state index in [0.717, 1.165) is 5.56 Å². The first-order valence-electron chi connectivity index (χ1n) is 9.03. The van der Waals surface area contributed by atoms with Crippen molar-refractivity contribution in [2.24, 2.45) is 0 Å². The molecule has 0 saturated heterocycles. The zero-order chi connectivity index (χ0) is 20.4. The molecule has 0 aliphatic carbocycles. The van der Waals surface area contributed by atoms with Gasteiger partial charge in [0.15, 0.2) is 0 Å². The number of amides is 2. The monoisotopic (exact) mass is 387 g/mol. The van der Waals surface area contributed by atoms with Crippen LogP contribution in [0.4, 0.5) is 11.4 Å². The van der Waals surface area contributed by atoms with E-state index < -0.39 is 4.92 Å². The first-order valence-corrected chi connectivity index (χ1v) is 9.03. The second-order valence-electron chi connectivity index (χ2n) is 6.69. The molecule has 1 heterocycles. The maximum absolute atomic E-state index is 12.8. The van der Waals surface area contributed by atoms with E-state index in [1.54, 1.807) is 41.3 Å². The lowest BCUT2D eigenvalue weighted by atomic mass is 10.1. The molecule has 4 rings (SSSR count). The highest BCUT2D eigenvalue weighted by Gasteiger charge is 2.36. The molecule has 0 saturated carbocycles. The van der Waals surface area contributed by atoms with E-state index in [4.69, 9.17) is 0 Å². The van der Waals surface area contributed by atoms with Crippen molar-refractivity contribution >= 4 is 23.2 Å². The standard InChI is InChI=1S/C22H17N3O4/c26-21-19-11-4-5-12-20(19)22(27)24(21)15-23(14-16-7-2-1-3-8-16)17-9-6-10-18(13-17)25(28)29/h1-13H,14-15H2. The minimum atomic E-state index is -0.466. The Kier molecular flexibility index (Phi) is 4.78. The van der Waals surface area contributed by atoms with Gasteiger partial charge in [0.25, 0.3) is 17.5 Å². The van der Waals surface area contributed by atoms with Crippen LogP contribution in [0.2, 0.25) is 0 Å². The van der Waals surface area contributed by atoms with E-state index in [-0.39, 0.29) is 24.2 Å². The molecule has 0 radical (unpaired) electrons. The number of rotatable bonds is 6. The summed E-state index contributed by atoms with van der Waals surface area (Å²) in [5, 5.41) is 11.2. The van der Waals surface area contributed by atoms with Crippen LogP contribution in [0.5, 0.6) is 0 Å². The zero-order valence-electron chi connectivity index (χ0n) is 15.4. The van der Waals surface area contributed by atoms with E-state index in [1.807, 2.05) is 30.3 Å². The van der Waals surface area contributed by atoms with Crippen LogP contribution in [-0.4, -0.2) is 28.3 Å². The number of benzene rings is 3. The number of nitro groups is 1. The molecule has 0 fully saturated rings. The van der Waals surface area contributed by atoms with Gasteiger partial charge in [0.05, 0.1) is 16.1 Å². The topological polar surface area (TPSA) is 83.8 Å². The first kappa shape index (κ1) is 18.4. The molecule has 144 valence electrons. The molecule has 29 heavy (non-hydrogen) atoms. The number of carbonyl (C=O) groups is 2. The number of non-ortho nitro benzene ring substituents is 1. The van der Waals surface area contributed by atoms with Crippen molar-refractivity contribution in [3.63, 3.8) is 0 Å². The Balaban J connectivity index is 1.68. The summed E-state index contributed by atoms with van der Waals surface area (Å²) in [6, 6.07) is 22.4. The highest BCUT2D eigenvalue weighted by Crippen LogP contribution is 2.27. The fourth-order valence-corrected chi connectivity index (χ4v) is 3.37. The number of nitrogens with zero attached hydrogens (tertiary/aromatic N) is 3. The predicted octanol–water partition coefficient (Wildman–Crippen LogP) is 3.86. The molecular formula is C22H17N3O4. The summed E-state index contributed by atoms with van der Waals surface area (Å²) in [6.07, 6.45) is 0. The van der Waals surface area contributed by atoms with Gasteiger partial charge in [0, 0.05) is 24.4 Å². The van der Waals surface area contributed by atoms with E-state index in [9.17, 15) is 19.7 Å². The quantitative estimate of drug-likeness (QED) is 0.364. The Morgan fingerprint density at radius 3 is 2.07 bits per heavy atom. The van der Waals surface area contributed by atoms with Gasteiger partial charge in [-0.1, -0.05) is 48.5 Å². The zero-order valence-corrected chi connectivity index (χ0v) is 15.4. The number of anilines is 1. The highest BCUT2D eigenvalue weighted by molar-refractivity contribution is 6.21. The van der Waals surface area contributed by atoms with Gasteiger partial charge < -0.3 is 4.90 Å². The smallest absolute Gasteiger partial charge is 0.271 e. The Morgan fingerprint density at radius 1 is 0.828 bits per heavy atom. The molecule has 1 aliphatic heterocycles. The molecule has 7 nitrogen and oxygen atoms in total. The molecule has 0 bridgehead atoms. The van der Waals surface area contributed by atoms with E-state index in [0.29, 0.717) is 23.4 Å². The number of fused-ring (bicyclic) bond motifs is 1. The molecule has 2 amide bonds. The molecule has 3 aromatic rings. The summed E-state index contributed by atoms with van der Waals surface area (Å²) < 4.78 is 0. The lowest BCUT2D eigenvalue weighted by molar-refractivity contribution is -0.384. The van der Waals surface area contributed by atoms with Gasteiger partial charge in [-0.2, -0.15) is 0 Å². The lowest BCUT2D eigenvalue weighted by Crippen LogP contribution is -2.41. The van der Waals surface area contributed by atoms with Crippen LogP contribution >= 0.6 is 0 Å². The van der Waals surface area contributed by atoms with Gasteiger partial charge in [0.2, 0.25) is 0 Å². The molecule has 0 spiro atoms. The van der Waals surface area contributed by atoms with E-state index in [1.165, 1.54) is 17.0 Å². The van der Waals surface area contributed by atoms with E-state index in [2.05, 4.69) is 0 Å². The van der Waals surface area contributed by atoms with Crippen molar-refractivity contribution in [3.8, 4) is 0 Å². The maximum Gasteiger partial charge on any atom is 0.271 e. The Hall–Kier alpha value is -4.00. The number of imide groups is 1. The second-order valence-corrected chi connectivity index (χ2v) is 6.69. The van der Waals surface area contributed by atoms with Gasteiger partial charge in [0.1, 0.15) is 6.67 Å². The largest absolute Gasteiger partial charge is 0.349 e. The Morgan fingerprint density at radius 2 is 1.45 bits per heavy atom. The first-order chi connectivity index (χ1) is 14.0. The highest BCUT2D eigenvalue weighted by atomic mass is 16.6. The molecule has 0 atom stereocenters. The minimum Gasteiger partial charge on any atom is -0.349 e. The average molecular weight is 387 g/mol. The normalized spacial score (nSPS) is 12.8. The van der Waals surface area contributed by atoms with Crippen molar-refractivity contribution in [1.82, 2.24) is 4.90 Å². The van der Waals surface area contributed by atoms with Crippen molar-refractivity contribution in [1.29, 1.82) is 0 Å². The third kappa shape index (κ3) is 3.58. The fourth-order valence-electron chi connectivity index (χ4n) is 3.37. The number of carbonyl (C=O) groups excluding carboxylic acids is 2. The predicted molar refractivity (Wildman–Crippen MR) is 108 cm³/mol. The molecule has 1 aliphatic rings. The van der Waals surface area contributed by atoms with Crippen molar-refractivity contribution < 1.29 is 14.5 Å². The third-order valence-electron chi connectivity index (χ3n) is 4.81. The van der Waals surface area contributed by atoms with Crippen LogP contribution in [0.15, 0.2) is 78.9 Å². The number of hydrogen-bond acceptors (Lipinski definition) is 5. The van der Waals surface area contributed by atoms with E-state index >= 15 is 0 Å². The fraction of sp³-hybridized carbons (Fsp3) is 0.0909. The summed E-state index contributed by atoms with van der Waals surface area (Å²) in [5.41, 5.74) is 2.20. The third-order valence-corrected chi connectivity index (χ3v) is 4.81. The second kappa shape index (κ2) is 7.55. The van der Waals surface area contributed by atoms with Crippen molar-refractivity contribution in [3.05, 3.63) is 106 Å². The molecule has 0 unspecified atom stereocenters. The van der Waals surface area contributed by atoms with Crippen LogP contribution in [0.25, 0.3) is 0 Å². The molecule has 3 aromatic carbocycles. The van der Waals surface area contributed by atoms with Gasteiger partial charge in [-0.3, -0.25) is 24.6 Å². The van der Waals surface area contributed by atoms with Gasteiger partial charge in [-0.05, 0) is 23.8 Å². The Labute approximate surface area is 166 Å². The summed E-state index contributed by atoms with van der Waals surface area (Å²) in [5.74, 6) is -0.733. The average Bonchev–Trinajstić information content (AvgIpc) is 2.99. The number of hydrogen-bond donors (Lipinski definition) is 0.